The van der Waals surface area contributed by atoms with Gasteiger partial charge in [0.05, 0.1) is 5.75 Å². The normalized spacial score (nSPS) is 11.2. The second kappa shape index (κ2) is 14.1. The van der Waals surface area contributed by atoms with Crippen molar-refractivity contribution < 1.29 is 18.8 Å². The molecule has 8 heteroatoms. The molecule has 208 valence electrons. The molecule has 0 heterocycles. The van der Waals surface area contributed by atoms with Crippen LogP contribution < -0.4 is 16.0 Å². The van der Waals surface area contributed by atoms with Crippen LogP contribution in [0.5, 0.6) is 0 Å². The molecule has 0 bridgehead atoms. The highest BCUT2D eigenvalue weighted by Crippen LogP contribution is 2.23. The molecule has 0 saturated heterocycles. The van der Waals surface area contributed by atoms with Crippen LogP contribution in [0.4, 0.5) is 15.8 Å². The molecule has 0 aliphatic carbocycles. The molecular formula is C33H30FN3O3S. The van der Waals surface area contributed by atoms with Gasteiger partial charge in [-0.15, -0.1) is 11.8 Å². The minimum absolute atomic E-state index is 0.120. The average Bonchev–Trinajstić information content (AvgIpc) is 2.97. The Labute approximate surface area is 243 Å². The van der Waals surface area contributed by atoms with Gasteiger partial charge in [0, 0.05) is 27.4 Å². The van der Waals surface area contributed by atoms with Gasteiger partial charge >= 0.3 is 0 Å². The van der Waals surface area contributed by atoms with E-state index in [1.807, 2.05) is 30.3 Å². The lowest BCUT2D eigenvalue weighted by Crippen LogP contribution is -2.30. The number of amides is 3. The number of hydrogen-bond acceptors (Lipinski definition) is 4. The number of thioether (sulfide) groups is 1. The van der Waals surface area contributed by atoms with Crippen molar-refractivity contribution in [1.29, 1.82) is 0 Å². The zero-order valence-corrected chi connectivity index (χ0v) is 23.5. The molecule has 4 aromatic rings. The van der Waals surface area contributed by atoms with Crippen LogP contribution >= 0.6 is 11.8 Å². The van der Waals surface area contributed by atoms with Crippen LogP contribution in [0.3, 0.4) is 0 Å². The Bertz CT molecular complexity index is 1550. The van der Waals surface area contributed by atoms with Gasteiger partial charge in [-0.2, -0.15) is 0 Å². The molecule has 4 aromatic carbocycles. The molecule has 3 amide bonds. The minimum atomic E-state index is -0.623. The van der Waals surface area contributed by atoms with Crippen LogP contribution in [-0.2, 0) is 9.59 Å². The molecule has 4 rings (SSSR count). The van der Waals surface area contributed by atoms with Crippen LogP contribution in [0.15, 0.2) is 114 Å². The van der Waals surface area contributed by atoms with Crippen molar-refractivity contribution in [2.45, 2.75) is 24.7 Å². The smallest absolute Gasteiger partial charge is 0.272 e. The highest BCUT2D eigenvalue weighted by atomic mass is 32.2. The molecule has 0 aliphatic rings. The third kappa shape index (κ3) is 8.65. The summed E-state index contributed by atoms with van der Waals surface area (Å²) < 4.78 is 14.4. The lowest BCUT2D eigenvalue weighted by Gasteiger charge is -2.12. The highest BCUT2D eigenvalue weighted by molar-refractivity contribution is 8.00. The highest BCUT2D eigenvalue weighted by Gasteiger charge is 2.16. The summed E-state index contributed by atoms with van der Waals surface area (Å²) >= 11 is 1.32. The molecule has 0 spiro atoms. The van der Waals surface area contributed by atoms with Crippen molar-refractivity contribution in [3.05, 3.63) is 131 Å². The number of anilines is 2. The third-order valence-corrected chi connectivity index (χ3v) is 7.05. The molecule has 0 unspecified atom stereocenters. The van der Waals surface area contributed by atoms with E-state index in [9.17, 15) is 18.8 Å². The van der Waals surface area contributed by atoms with Crippen molar-refractivity contribution in [2.75, 3.05) is 16.4 Å². The fourth-order valence-corrected chi connectivity index (χ4v) is 4.60. The summed E-state index contributed by atoms with van der Waals surface area (Å²) in [4.78, 5) is 39.3. The Balaban J connectivity index is 1.43. The Hall–Kier alpha value is -4.69. The van der Waals surface area contributed by atoms with Crippen LogP contribution in [0.25, 0.3) is 6.08 Å². The zero-order valence-electron chi connectivity index (χ0n) is 22.7. The predicted octanol–water partition coefficient (Wildman–Crippen LogP) is 7.09. The van der Waals surface area contributed by atoms with Gasteiger partial charge in [-0.3, -0.25) is 14.4 Å². The number of carbonyl (C=O) groups is 3. The van der Waals surface area contributed by atoms with Gasteiger partial charge in [0.15, 0.2) is 0 Å². The van der Waals surface area contributed by atoms with Gasteiger partial charge in [0.2, 0.25) is 5.91 Å². The Morgan fingerprint density at radius 3 is 2.22 bits per heavy atom. The second-order valence-electron chi connectivity index (χ2n) is 9.50. The van der Waals surface area contributed by atoms with Gasteiger partial charge in [-0.25, -0.2) is 4.39 Å². The maximum atomic E-state index is 14.4. The molecular weight excluding hydrogens is 537 g/mol. The monoisotopic (exact) mass is 567 g/mol. The first-order valence-corrected chi connectivity index (χ1v) is 14.0. The third-order valence-electron chi connectivity index (χ3n) is 6.06. The average molecular weight is 568 g/mol. The Kier molecular flexibility index (Phi) is 10.1. The molecule has 0 atom stereocenters. The van der Waals surface area contributed by atoms with E-state index in [2.05, 4.69) is 29.8 Å². The zero-order chi connectivity index (χ0) is 29.2. The second-order valence-corrected chi connectivity index (χ2v) is 10.5. The van der Waals surface area contributed by atoms with E-state index >= 15 is 0 Å². The van der Waals surface area contributed by atoms with Crippen LogP contribution in [0.2, 0.25) is 0 Å². The van der Waals surface area contributed by atoms with E-state index < -0.39 is 17.6 Å². The van der Waals surface area contributed by atoms with Gasteiger partial charge in [-0.05, 0) is 66.1 Å². The first-order valence-electron chi connectivity index (χ1n) is 13.0. The molecule has 41 heavy (non-hydrogen) atoms. The molecule has 6 nitrogen and oxygen atoms in total. The lowest BCUT2D eigenvalue weighted by molar-refractivity contribution is -0.114. The predicted molar refractivity (Wildman–Crippen MR) is 163 cm³/mol. The standard InChI is InChI=1S/C33H30FN3O3S/c1-22(2)23-15-17-26(18-16-23)35-31(38)21-41-28-13-8-12-27(20-28)36-33(40)30(19-25-11-6-7-14-29(25)34)37-32(39)24-9-4-3-5-10-24/h3-20,22H,21H2,1-2H3,(H,35,38)(H,36,40)(H,37,39)/b30-19-. The van der Waals surface area contributed by atoms with Crippen molar-refractivity contribution in [3.8, 4) is 0 Å². The van der Waals surface area contributed by atoms with E-state index in [1.54, 1.807) is 60.7 Å². The first-order chi connectivity index (χ1) is 19.8. The molecule has 0 aromatic heterocycles. The van der Waals surface area contributed by atoms with Gasteiger partial charge in [-0.1, -0.05) is 68.4 Å². The lowest BCUT2D eigenvalue weighted by atomic mass is 10.0. The van der Waals surface area contributed by atoms with Crippen molar-refractivity contribution >= 4 is 46.9 Å². The molecule has 0 radical (unpaired) electrons. The van der Waals surface area contributed by atoms with E-state index in [0.29, 0.717) is 17.2 Å². The SMILES string of the molecule is CC(C)c1ccc(NC(=O)CSc2cccc(NC(=O)/C(=C/c3ccccc3F)NC(=O)c3ccccc3)c2)cc1. The maximum Gasteiger partial charge on any atom is 0.272 e. The maximum absolute atomic E-state index is 14.4. The number of halogens is 1. The summed E-state index contributed by atoms with van der Waals surface area (Å²) in [6, 6.07) is 29.2. The summed E-state index contributed by atoms with van der Waals surface area (Å²) in [5.41, 5.74) is 2.77. The van der Waals surface area contributed by atoms with Crippen molar-refractivity contribution in [2.24, 2.45) is 0 Å². The Morgan fingerprint density at radius 1 is 0.805 bits per heavy atom. The van der Waals surface area contributed by atoms with Crippen LogP contribution in [0, 0.1) is 5.82 Å². The van der Waals surface area contributed by atoms with E-state index in [4.69, 9.17) is 0 Å². The van der Waals surface area contributed by atoms with Gasteiger partial charge < -0.3 is 16.0 Å². The van der Waals surface area contributed by atoms with Crippen LogP contribution in [-0.4, -0.2) is 23.5 Å². The Morgan fingerprint density at radius 2 is 1.51 bits per heavy atom. The number of nitrogens with one attached hydrogen (secondary N) is 3. The first kappa shape index (κ1) is 29.3. The summed E-state index contributed by atoms with van der Waals surface area (Å²) in [5.74, 6) is -1.22. The quantitative estimate of drug-likeness (QED) is 0.141. The van der Waals surface area contributed by atoms with E-state index in [-0.39, 0.29) is 22.9 Å². The molecule has 0 aliphatic heterocycles. The minimum Gasteiger partial charge on any atom is -0.325 e. The van der Waals surface area contributed by atoms with Crippen molar-refractivity contribution in [1.82, 2.24) is 5.32 Å². The molecule has 3 N–H and O–H groups in total. The van der Waals surface area contributed by atoms with Gasteiger partial charge in [0.25, 0.3) is 11.8 Å². The number of benzene rings is 4. The molecule has 0 saturated carbocycles. The summed E-state index contributed by atoms with van der Waals surface area (Å²) in [6.45, 7) is 4.23. The van der Waals surface area contributed by atoms with Crippen molar-refractivity contribution in [3.63, 3.8) is 0 Å². The number of hydrogen-bond donors (Lipinski definition) is 3. The fraction of sp³-hybridized carbons (Fsp3) is 0.121. The number of rotatable bonds is 10. The summed E-state index contributed by atoms with van der Waals surface area (Å²) in [6.07, 6.45) is 1.29. The fourth-order valence-electron chi connectivity index (χ4n) is 3.85. The summed E-state index contributed by atoms with van der Waals surface area (Å²) in [5, 5.41) is 8.26. The van der Waals surface area contributed by atoms with Gasteiger partial charge in [0.1, 0.15) is 11.5 Å². The summed E-state index contributed by atoms with van der Waals surface area (Å²) in [7, 11) is 0. The van der Waals surface area contributed by atoms with Crippen LogP contribution in [0.1, 0.15) is 41.3 Å². The molecule has 0 fully saturated rings. The largest absolute Gasteiger partial charge is 0.325 e. The van der Waals surface area contributed by atoms with E-state index in [1.165, 1.54) is 35.5 Å². The topological polar surface area (TPSA) is 87.3 Å². The number of carbonyl (C=O) groups excluding carboxylic acids is 3. The van der Waals surface area contributed by atoms with E-state index in [0.717, 1.165) is 10.6 Å².